The topological polar surface area (TPSA) is 52.9 Å². The normalized spacial score (nSPS) is 10.9. The second-order valence-electron chi connectivity index (χ2n) is 5.17. The lowest BCUT2D eigenvalue weighted by Gasteiger charge is -2.24. The van der Waals surface area contributed by atoms with Gasteiger partial charge in [0.25, 0.3) is 0 Å². The van der Waals surface area contributed by atoms with E-state index < -0.39 is 5.41 Å². The van der Waals surface area contributed by atoms with Gasteiger partial charge < -0.3 is 5.32 Å². The Labute approximate surface area is 129 Å². The quantitative estimate of drug-likeness (QED) is 0.810. The largest absolute Gasteiger partial charge is 0.325 e. The zero-order valence-corrected chi connectivity index (χ0v) is 13.9. The third-order valence-electron chi connectivity index (χ3n) is 3.30. The van der Waals surface area contributed by atoms with Gasteiger partial charge in [-0.15, -0.1) is 0 Å². The van der Waals surface area contributed by atoms with Gasteiger partial charge in [0.2, 0.25) is 5.91 Å². The van der Waals surface area contributed by atoms with Crippen molar-refractivity contribution in [1.82, 2.24) is 0 Å². The maximum absolute atomic E-state index is 12.5. The highest BCUT2D eigenvalue weighted by Crippen LogP contribution is 2.31. The van der Waals surface area contributed by atoms with Gasteiger partial charge in [0.1, 0.15) is 5.41 Å². The summed E-state index contributed by atoms with van der Waals surface area (Å²) in [6, 6.07) is 7.98. The van der Waals surface area contributed by atoms with Gasteiger partial charge in [-0.3, -0.25) is 4.79 Å². The van der Waals surface area contributed by atoms with Crippen LogP contribution in [-0.4, -0.2) is 5.91 Å². The summed E-state index contributed by atoms with van der Waals surface area (Å²) >= 11 is 3.42. The van der Waals surface area contributed by atoms with Gasteiger partial charge in [0.05, 0.1) is 6.07 Å². The number of rotatable bonds is 6. The zero-order valence-electron chi connectivity index (χ0n) is 12.3. The highest BCUT2D eigenvalue weighted by atomic mass is 79.9. The number of nitrogens with one attached hydrogen (secondary N) is 1. The molecule has 4 heteroatoms. The van der Waals surface area contributed by atoms with Crippen LogP contribution in [0, 0.1) is 23.7 Å². The van der Waals surface area contributed by atoms with E-state index in [1.54, 1.807) is 0 Å². The van der Waals surface area contributed by atoms with E-state index in [1.165, 1.54) is 0 Å². The number of carbonyl (C=O) groups excluding carboxylic acids is 1. The van der Waals surface area contributed by atoms with Crippen molar-refractivity contribution in [2.45, 2.75) is 46.5 Å². The third-order valence-corrected chi connectivity index (χ3v) is 3.76. The molecule has 0 aliphatic rings. The maximum Gasteiger partial charge on any atom is 0.244 e. The number of halogens is 1. The van der Waals surface area contributed by atoms with E-state index >= 15 is 0 Å². The van der Waals surface area contributed by atoms with E-state index in [-0.39, 0.29) is 5.91 Å². The molecule has 1 amide bonds. The number of hydrogen-bond donors (Lipinski definition) is 1. The number of hydrogen-bond acceptors (Lipinski definition) is 2. The molecular formula is C16H21BrN2O. The summed E-state index contributed by atoms with van der Waals surface area (Å²) in [4.78, 5) is 12.5. The monoisotopic (exact) mass is 336 g/mol. The number of aryl methyl sites for hydroxylation is 1. The molecule has 0 bridgehead atoms. The molecule has 0 atom stereocenters. The minimum absolute atomic E-state index is 0.193. The fraction of sp³-hybridized carbons (Fsp3) is 0.500. The van der Waals surface area contributed by atoms with Gasteiger partial charge in [0, 0.05) is 10.2 Å². The zero-order chi connectivity index (χ0) is 15.2. The molecule has 1 aromatic rings. The molecule has 1 rings (SSSR count). The lowest BCUT2D eigenvalue weighted by Crippen LogP contribution is -2.35. The molecule has 0 aliphatic carbocycles. The highest BCUT2D eigenvalue weighted by Gasteiger charge is 2.36. The SMILES string of the molecule is CCCC(C#N)(CCC)C(=O)Nc1cc(C)cc(Br)c1. The Hall–Kier alpha value is -1.34. The van der Waals surface area contributed by atoms with Crippen LogP contribution >= 0.6 is 15.9 Å². The van der Waals surface area contributed by atoms with E-state index in [2.05, 4.69) is 27.3 Å². The Balaban J connectivity index is 2.99. The Morgan fingerprint density at radius 1 is 1.30 bits per heavy atom. The van der Waals surface area contributed by atoms with Crippen LogP contribution in [0.3, 0.4) is 0 Å². The number of anilines is 1. The van der Waals surface area contributed by atoms with Crippen molar-refractivity contribution in [2.24, 2.45) is 5.41 Å². The lowest BCUT2D eigenvalue weighted by atomic mass is 9.79. The standard InChI is InChI=1S/C16H21BrN2O/c1-4-6-16(11-18,7-5-2)15(20)19-14-9-12(3)8-13(17)10-14/h8-10H,4-7H2,1-3H3,(H,19,20). The van der Waals surface area contributed by atoms with Crippen LogP contribution in [0.25, 0.3) is 0 Å². The average molecular weight is 337 g/mol. The van der Waals surface area contributed by atoms with Crippen molar-refractivity contribution in [1.29, 1.82) is 5.26 Å². The third kappa shape index (κ3) is 4.08. The highest BCUT2D eigenvalue weighted by molar-refractivity contribution is 9.10. The predicted octanol–water partition coefficient (Wildman–Crippen LogP) is 4.81. The Morgan fingerprint density at radius 2 is 1.90 bits per heavy atom. The van der Waals surface area contributed by atoms with Gasteiger partial charge in [-0.05, 0) is 43.5 Å². The van der Waals surface area contributed by atoms with Crippen LogP contribution in [0.5, 0.6) is 0 Å². The smallest absolute Gasteiger partial charge is 0.244 e. The summed E-state index contributed by atoms with van der Waals surface area (Å²) in [5.74, 6) is -0.193. The number of benzene rings is 1. The summed E-state index contributed by atoms with van der Waals surface area (Å²) in [6.45, 7) is 5.96. The van der Waals surface area contributed by atoms with Crippen LogP contribution in [0.1, 0.15) is 45.1 Å². The number of nitriles is 1. The van der Waals surface area contributed by atoms with Gasteiger partial charge in [-0.25, -0.2) is 0 Å². The molecule has 1 aromatic carbocycles. The second kappa shape index (κ2) is 7.44. The number of nitrogens with zero attached hydrogens (tertiary/aromatic N) is 1. The van der Waals surface area contributed by atoms with E-state index in [4.69, 9.17) is 0 Å². The van der Waals surface area contributed by atoms with Crippen molar-refractivity contribution in [3.63, 3.8) is 0 Å². The minimum Gasteiger partial charge on any atom is -0.325 e. The summed E-state index contributed by atoms with van der Waals surface area (Å²) in [6.07, 6.45) is 2.82. The molecule has 1 N–H and O–H groups in total. The van der Waals surface area contributed by atoms with E-state index in [0.29, 0.717) is 12.8 Å². The first-order chi connectivity index (χ1) is 9.47. The maximum atomic E-state index is 12.5. The predicted molar refractivity (Wildman–Crippen MR) is 85.4 cm³/mol. The molecule has 0 unspecified atom stereocenters. The van der Waals surface area contributed by atoms with Crippen LogP contribution in [0.15, 0.2) is 22.7 Å². The molecule has 20 heavy (non-hydrogen) atoms. The average Bonchev–Trinajstić information content (AvgIpc) is 2.36. The van der Waals surface area contributed by atoms with E-state index in [1.807, 2.05) is 39.0 Å². The van der Waals surface area contributed by atoms with Crippen molar-refractivity contribution in [3.05, 3.63) is 28.2 Å². The molecule has 0 heterocycles. The summed E-state index contributed by atoms with van der Waals surface area (Å²) in [5, 5.41) is 12.4. The Bertz CT molecular complexity index is 493. The first-order valence-electron chi connectivity index (χ1n) is 6.97. The summed E-state index contributed by atoms with van der Waals surface area (Å²) < 4.78 is 0.918. The first-order valence-corrected chi connectivity index (χ1v) is 7.76. The molecular weight excluding hydrogens is 316 g/mol. The summed E-state index contributed by atoms with van der Waals surface area (Å²) in [7, 11) is 0. The number of amides is 1. The molecule has 0 saturated carbocycles. The van der Waals surface area contributed by atoms with Crippen LogP contribution in [0.2, 0.25) is 0 Å². The van der Waals surface area contributed by atoms with E-state index in [0.717, 1.165) is 28.6 Å². The van der Waals surface area contributed by atoms with Crippen LogP contribution in [0.4, 0.5) is 5.69 Å². The summed E-state index contributed by atoms with van der Waals surface area (Å²) in [5.41, 5.74) is 0.872. The van der Waals surface area contributed by atoms with Gasteiger partial charge in [-0.2, -0.15) is 5.26 Å². The minimum atomic E-state index is -0.917. The van der Waals surface area contributed by atoms with Crippen LogP contribution in [-0.2, 0) is 4.79 Å². The van der Waals surface area contributed by atoms with E-state index in [9.17, 15) is 10.1 Å². The van der Waals surface area contributed by atoms with Gasteiger partial charge in [0.15, 0.2) is 0 Å². The lowest BCUT2D eigenvalue weighted by molar-refractivity contribution is -0.123. The fourth-order valence-corrected chi connectivity index (χ4v) is 3.04. The molecule has 0 aromatic heterocycles. The number of carbonyl (C=O) groups is 1. The first kappa shape index (κ1) is 16.7. The van der Waals surface area contributed by atoms with Crippen molar-refractivity contribution < 1.29 is 4.79 Å². The van der Waals surface area contributed by atoms with Crippen molar-refractivity contribution in [2.75, 3.05) is 5.32 Å². The van der Waals surface area contributed by atoms with Gasteiger partial charge >= 0.3 is 0 Å². The second-order valence-corrected chi connectivity index (χ2v) is 6.08. The van der Waals surface area contributed by atoms with Crippen molar-refractivity contribution >= 4 is 27.5 Å². The molecule has 0 fully saturated rings. The van der Waals surface area contributed by atoms with Crippen LogP contribution < -0.4 is 5.32 Å². The fourth-order valence-electron chi connectivity index (χ4n) is 2.43. The molecule has 0 radical (unpaired) electrons. The molecule has 108 valence electrons. The molecule has 0 saturated heterocycles. The molecule has 3 nitrogen and oxygen atoms in total. The Kier molecular flexibility index (Phi) is 6.22. The van der Waals surface area contributed by atoms with Crippen molar-refractivity contribution in [3.8, 4) is 6.07 Å². The Morgan fingerprint density at radius 3 is 2.35 bits per heavy atom. The van der Waals surface area contributed by atoms with Gasteiger partial charge in [-0.1, -0.05) is 42.6 Å². The molecule has 0 spiro atoms. The molecule has 0 aliphatic heterocycles.